The molecule has 0 spiro atoms. The number of nitrogens with two attached hydrogens (primary N) is 1. The zero-order chi connectivity index (χ0) is 14.7. The molecule has 1 aliphatic rings. The topological polar surface area (TPSA) is 86.0 Å². The Morgan fingerprint density at radius 3 is 2.61 bits per heavy atom. The van der Waals surface area contributed by atoms with E-state index in [1.54, 1.807) is 0 Å². The lowest BCUT2D eigenvalue weighted by atomic mass is 9.91. The highest BCUT2D eigenvalue weighted by Crippen LogP contribution is 2.28. The molecule has 7 nitrogen and oxygen atoms in total. The molecule has 0 atom stereocenters. The molecule has 2 aromatic heterocycles. The third-order valence-electron chi connectivity index (χ3n) is 4.09. The average molecular weight is 363 g/mol. The van der Waals surface area contributed by atoms with E-state index in [1.165, 1.54) is 5.56 Å². The van der Waals surface area contributed by atoms with Crippen molar-refractivity contribution in [3.8, 4) is 0 Å². The van der Waals surface area contributed by atoms with Crippen molar-refractivity contribution >= 4 is 24.8 Å². The third kappa shape index (κ3) is 4.91. The van der Waals surface area contributed by atoms with Crippen molar-refractivity contribution in [2.45, 2.75) is 45.3 Å². The monoisotopic (exact) mass is 362 g/mol. The van der Waals surface area contributed by atoms with Crippen LogP contribution in [0.5, 0.6) is 0 Å². The predicted octanol–water partition coefficient (Wildman–Crippen LogP) is 1.97. The van der Waals surface area contributed by atoms with Crippen LogP contribution in [-0.2, 0) is 19.6 Å². The summed E-state index contributed by atoms with van der Waals surface area (Å²) in [6.07, 6.45) is 6.48. The Morgan fingerprint density at radius 1 is 1.30 bits per heavy atom. The molecule has 0 saturated carbocycles. The fourth-order valence-electron chi connectivity index (χ4n) is 2.83. The van der Waals surface area contributed by atoms with E-state index in [2.05, 4.69) is 33.3 Å². The van der Waals surface area contributed by atoms with Gasteiger partial charge in [-0.05, 0) is 44.3 Å². The highest BCUT2D eigenvalue weighted by molar-refractivity contribution is 5.85. The first-order valence-electron chi connectivity index (χ1n) is 7.54. The maximum Gasteiger partial charge on any atom is 0.240 e. The van der Waals surface area contributed by atoms with Crippen molar-refractivity contribution in [2.75, 3.05) is 13.1 Å². The highest BCUT2D eigenvalue weighted by Gasteiger charge is 2.22. The molecule has 9 heteroatoms. The van der Waals surface area contributed by atoms with Crippen molar-refractivity contribution < 1.29 is 4.52 Å². The fraction of sp³-hybridized carbons (Fsp3) is 0.643. The van der Waals surface area contributed by atoms with Crippen molar-refractivity contribution in [1.82, 2.24) is 24.8 Å². The Kier molecular flexibility index (Phi) is 7.98. The summed E-state index contributed by atoms with van der Waals surface area (Å²) in [6.45, 7) is 6.18. The molecule has 0 unspecified atom stereocenters. The quantitative estimate of drug-likeness (QED) is 0.874. The first-order valence-corrected chi connectivity index (χ1v) is 7.54. The minimum Gasteiger partial charge on any atom is -0.338 e. The van der Waals surface area contributed by atoms with E-state index >= 15 is 0 Å². The summed E-state index contributed by atoms with van der Waals surface area (Å²) in [7, 11) is 0. The van der Waals surface area contributed by atoms with Gasteiger partial charge in [0.25, 0.3) is 0 Å². The van der Waals surface area contributed by atoms with Crippen LogP contribution in [0, 0.1) is 0 Å². The molecule has 0 bridgehead atoms. The van der Waals surface area contributed by atoms with E-state index in [1.807, 2.05) is 10.9 Å². The van der Waals surface area contributed by atoms with Crippen LogP contribution in [0.25, 0.3) is 0 Å². The van der Waals surface area contributed by atoms with Crippen LogP contribution in [0.2, 0.25) is 0 Å². The van der Waals surface area contributed by atoms with Crippen LogP contribution >= 0.6 is 24.8 Å². The van der Waals surface area contributed by atoms with Crippen LogP contribution < -0.4 is 5.73 Å². The lowest BCUT2D eigenvalue weighted by Gasteiger charge is -2.30. The first-order chi connectivity index (χ1) is 10.3. The Hall–Kier alpha value is -1.15. The second-order valence-electron chi connectivity index (χ2n) is 5.49. The normalized spacial score (nSPS) is 15.9. The van der Waals surface area contributed by atoms with Gasteiger partial charge in [-0.3, -0.25) is 9.58 Å². The smallest absolute Gasteiger partial charge is 0.240 e. The van der Waals surface area contributed by atoms with Crippen molar-refractivity contribution in [1.29, 1.82) is 0 Å². The summed E-state index contributed by atoms with van der Waals surface area (Å²) in [4.78, 5) is 6.62. The molecule has 130 valence electrons. The lowest BCUT2D eigenvalue weighted by Crippen LogP contribution is -2.32. The van der Waals surface area contributed by atoms with Crippen LogP contribution in [0.3, 0.4) is 0 Å². The number of rotatable bonds is 5. The molecule has 0 aliphatic carbocycles. The lowest BCUT2D eigenvalue weighted by molar-refractivity contribution is 0.198. The third-order valence-corrected chi connectivity index (χ3v) is 4.09. The van der Waals surface area contributed by atoms with Gasteiger partial charge in [0.2, 0.25) is 5.89 Å². The van der Waals surface area contributed by atoms with Gasteiger partial charge in [0.1, 0.15) is 0 Å². The van der Waals surface area contributed by atoms with Gasteiger partial charge in [-0.25, -0.2) is 0 Å². The minimum absolute atomic E-state index is 0. The molecule has 1 fully saturated rings. The molecule has 0 aromatic carbocycles. The number of piperidine rings is 1. The van der Waals surface area contributed by atoms with Gasteiger partial charge < -0.3 is 10.3 Å². The number of hydrogen-bond acceptors (Lipinski definition) is 6. The minimum atomic E-state index is 0. The van der Waals surface area contributed by atoms with Gasteiger partial charge in [0, 0.05) is 12.7 Å². The molecule has 23 heavy (non-hydrogen) atoms. The van der Waals surface area contributed by atoms with Gasteiger partial charge in [0.15, 0.2) is 5.82 Å². The largest absolute Gasteiger partial charge is 0.338 e. The molecular weight excluding hydrogens is 339 g/mol. The van der Waals surface area contributed by atoms with Crippen molar-refractivity contribution in [3.63, 3.8) is 0 Å². The number of halogens is 2. The summed E-state index contributed by atoms with van der Waals surface area (Å²) < 4.78 is 7.03. The van der Waals surface area contributed by atoms with E-state index in [-0.39, 0.29) is 24.8 Å². The van der Waals surface area contributed by atoms with Crippen molar-refractivity contribution in [3.05, 3.63) is 29.7 Å². The summed E-state index contributed by atoms with van der Waals surface area (Å²) >= 11 is 0. The van der Waals surface area contributed by atoms with E-state index < -0.39 is 0 Å². The second-order valence-corrected chi connectivity index (χ2v) is 5.49. The predicted molar refractivity (Wildman–Crippen MR) is 91.8 cm³/mol. The zero-order valence-electron chi connectivity index (χ0n) is 13.2. The molecule has 1 saturated heterocycles. The summed E-state index contributed by atoms with van der Waals surface area (Å²) in [5, 5.41) is 8.32. The maximum atomic E-state index is 5.47. The summed E-state index contributed by atoms with van der Waals surface area (Å²) in [6, 6.07) is 0. The summed E-state index contributed by atoms with van der Waals surface area (Å²) in [5.74, 6) is 1.85. The number of hydrogen-bond donors (Lipinski definition) is 1. The van der Waals surface area contributed by atoms with E-state index in [0.29, 0.717) is 18.4 Å². The van der Waals surface area contributed by atoms with Crippen molar-refractivity contribution in [2.24, 2.45) is 5.73 Å². The van der Waals surface area contributed by atoms with Gasteiger partial charge in [-0.1, -0.05) is 5.16 Å². The SMILES string of the molecule is CCn1cc(C2CCN(Cc3noc(CN)n3)CC2)cn1.Cl.Cl. The Morgan fingerprint density at radius 2 is 2.04 bits per heavy atom. The number of aryl methyl sites for hydroxylation is 1. The second kappa shape index (κ2) is 9.22. The van der Waals surface area contributed by atoms with Gasteiger partial charge in [-0.15, -0.1) is 24.8 Å². The number of aromatic nitrogens is 4. The fourth-order valence-corrected chi connectivity index (χ4v) is 2.83. The first kappa shape index (κ1) is 19.9. The van der Waals surface area contributed by atoms with Crippen LogP contribution in [0.1, 0.15) is 43.0 Å². The number of nitrogens with zero attached hydrogens (tertiary/aromatic N) is 5. The van der Waals surface area contributed by atoms with Crippen LogP contribution in [0.4, 0.5) is 0 Å². The standard InChI is InChI=1S/C14H22N6O.2ClH/c1-2-20-9-12(8-16-20)11-3-5-19(6-4-11)10-13-17-14(7-15)21-18-13;;/h8-9,11H,2-7,10,15H2,1H3;2*1H. The molecule has 2 aromatic rings. The van der Waals surface area contributed by atoms with E-state index in [9.17, 15) is 0 Å². The summed E-state index contributed by atoms with van der Waals surface area (Å²) in [5.41, 5.74) is 6.84. The Bertz CT molecular complexity index is 579. The zero-order valence-corrected chi connectivity index (χ0v) is 14.9. The molecular formula is C14H24Cl2N6O. The number of likely N-dealkylation sites (tertiary alicyclic amines) is 1. The van der Waals surface area contributed by atoms with E-state index in [4.69, 9.17) is 10.3 Å². The van der Waals surface area contributed by atoms with Gasteiger partial charge >= 0.3 is 0 Å². The van der Waals surface area contributed by atoms with Crippen LogP contribution in [-0.4, -0.2) is 37.9 Å². The average Bonchev–Trinajstić information content (AvgIpc) is 3.17. The van der Waals surface area contributed by atoms with E-state index in [0.717, 1.165) is 44.8 Å². The van der Waals surface area contributed by atoms with Gasteiger partial charge in [-0.2, -0.15) is 10.1 Å². The Labute approximate surface area is 148 Å². The van der Waals surface area contributed by atoms with Gasteiger partial charge in [0.05, 0.1) is 19.3 Å². The molecule has 3 heterocycles. The maximum absolute atomic E-state index is 5.47. The molecule has 0 amide bonds. The molecule has 1 aliphatic heterocycles. The van der Waals surface area contributed by atoms with Crippen LogP contribution in [0.15, 0.2) is 16.9 Å². The molecule has 3 rings (SSSR count). The molecule has 0 radical (unpaired) electrons. The Balaban J connectivity index is 0.00000132. The molecule has 2 N–H and O–H groups in total. The highest BCUT2D eigenvalue weighted by atomic mass is 35.5.